The Bertz CT molecular complexity index is 481. The molecule has 0 atom stereocenters. The van der Waals surface area contributed by atoms with Crippen molar-refractivity contribution in [3.05, 3.63) is 23.8 Å². The summed E-state index contributed by atoms with van der Waals surface area (Å²) in [6.45, 7) is 1.31. The van der Waals surface area contributed by atoms with Crippen LogP contribution in [-0.4, -0.2) is 48.3 Å². The average Bonchev–Trinajstić information content (AvgIpc) is 2.02. The molecule has 7 heteroatoms. The molecule has 0 saturated carbocycles. The summed E-state index contributed by atoms with van der Waals surface area (Å²) in [6, 6.07) is 3.89. The van der Waals surface area contributed by atoms with E-state index in [0.29, 0.717) is 0 Å². The first-order chi connectivity index (χ1) is 6.32. The van der Waals surface area contributed by atoms with Gasteiger partial charge in [0.2, 0.25) is 0 Å². The van der Waals surface area contributed by atoms with Crippen LogP contribution in [0, 0.1) is 0 Å². The first-order valence-corrected chi connectivity index (χ1v) is 5.52. The Morgan fingerprint density at radius 1 is 1.40 bits per heavy atom. The van der Waals surface area contributed by atoms with Crippen molar-refractivity contribution in [3.8, 4) is 0 Å². The number of thiol groups is 1. The summed E-state index contributed by atoms with van der Waals surface area (Å²) < 4.78 is 30.4. The molecule has 0 spiro atoms. The Kier molecular flexibility index (Phi) is 5.52. The van der Waals surface area contributed by atoms with E-state index in [9.17, 15) is 13.2 Å². The Hall–Kier alpha value is 0.150. The summed E-state index contributed by atoms with van der Waals surface area (Å²) in [5, 5.41) is 0. The summed E-state index contributed by atoms with van der Waals surface area (Å²) in [5.74, 6) is -0.275. The van der Waals surface area contributed by atoms with Crippen LogP contribution in [0.2, 0.25) is 0 Å². The maximum absolute atomic E-state index is 10.9. The monoisotopic (exact) mass is 255 g/mol. The molecule has 1 rings (SSSR count). The number of carbonyl (C=O) groups excluding carboxylic acids is 1. The molecule has 0 aliphatic heterocycles. The Morgan fingerprint density at radius 2 is 1.93 bits per heavy atom. The summed E-state index contributed by atoms with van der Waals surface area (Å²) in [4.78, 5) is 10.7. The molecule has 15 heavy (non-hydrogen) atoms. The van der Waals surface area contributed by atoms with Crippen LogP contribution in [0.25, 0.3) is 0 Å². The number of hydrogen-bond donors (Lipinski definition) is 2. The molecule has 0 fully saturated rings. The molecule has 1 aromatic carbocycles. The Balaban J connectivity index is 0.00000196. The molecular weight excluding hydrogens is 247 g/mol. The zero-order chi connectivity index (χ0) is 10.9. The number of rotatable bonds is 2. The number of ketones is 1. The molecular formula is C8H8NaO4S2. The molecule has 0 aromatic heterocycles. The van der Waals surface area contributed by atoms with Gasteiger partial charge in [0.25, 0.3) is 10.1 Å². The van der Waals surface area contributed by atoms with E-state index >= 15 is 0 Å². The largest absolute Gasteiger partial charge is 0.295 e. The molecule has 0 unspecified atom stereocenters. The first kappa shape index (κ1) is 15.2. The predicted octanol–water partition coefficient (Wildman–Crippen LogP) is 1.04. The third kappa shape index (κ3) is 3.90. The number of Topliss-reactive ketones (excluding diaryl/α,β-unsaturated/α-hetero) is 1. The van der Waals surface area contributed by atoms with Crippen molar-refractivity contribution in [1.29, 1.82) is 0 Å². The molecule has 1 radical (unpaired) electrons. The molecule has 0 aliphatic carbocycles. The summed E-state index contributed by atoms with van der Waals surface area (Å²) in [5.41, 5.74) is 0.218. The number of carbonyl (C=O) groups is 1. The van der Waals surface area contributed by atoms with Crippen molar-refractivity contribution in [2.45, 2.75) is 16.7 Å². The van der Waals surface area contributed by atoms with Gasteiger partial charge < -0.3 is 0 Å². The molecule has 77 valence electrons. The molecule has 0 aliphatic rings. The Morgan fingerprint density at radius 3 is 2.33 bits per heavy atom. The van der Waals surface area contributed by atoms with E-state index in [0.717, 1.165) is 6.07 Å². The zero-order valence-corrected chi connectivity index (χ0v) is 12.0. The van der Waals surface area contributed by atoms with Crippen LogP contribution >= 0.6 is 12.6 Å². The van der Waals surface area contributed by atoms with E-state index in [1.165, 1.54) is 19.1 Å². The SMILES string of the molecule is CC(=O)c1ccc(S)c(S(=O)(=O)O)c1.[Na]. The predicted molar refractivity (Wildman–Crippen MR) is 59.3 cm³/mol. The number of benzene rings is 1. The Labute approximate surface area is 116 Å². The van der Waals surface area contributed by atoms with Crippen LogP contribution in [0.15, 0.2) is 28.0 Å². The smallest absolute Gasteiger partial charge is 0.295 e. The maximum Gasteiger partial charge on any atom is 0.295 e. The average molecular weight is 255 g/mol. The second-order valence-corrected chi connectivity index (χ2v) is 4.59. The fourth-order valence-electron chi connectivity index (χ4n) is 0.940. The van der Waals surface area contributed by atoms with Gasteiger partial charge in [0, 0.05) is 40.0 Å². The van der Waals surface area contributed by atoms with Crippen molar-refractivity contribution in [3.63, 3.8) is 0 Å². The van der Waals surface area contributed by atoms with E-state index in [2.05, 4.69) is 12.6 Å². The van der Waals surface area contributed by atoms with Crippen molar-refractivity contribution in [2.75, 3.05) is 0 Å². The van der Waals surface area contributed by atoms with Crippen LogP contribution < -0.4 is 0 Å². The summed E-state index contributed by atoms with van der Waals surface area (Å²) in [6.07, 6.45) is 0. The van der Waals surface area contributed by atoms with Gasteiger partial charge in [-0.2, -0.15) is 8.42 Å². The van der Waals surface area contributed by atoms with Gasteiger partial charge in [-0.05, 0) is 19.1 Å². The fraction of sp³-hybridized carbons (Fsp3) is 0.125. The van der Waals surface area contributed by atoms with E-state index in [1.807, 2.05) is 0 Å². The second kappa shape index (κ2) is 5.47. The molecule has 0 bridgehead atoms. The summed E-state index contributed by atoms with van der Waals surface area (Å²) in [7, 11) is -4.32. The van der Waals surface area contributed by atoms with Gasteiger partial charge in [-0.3, -0.25) is 9.35 Å². The maximum atomic E-state index is 10.9. The van der Waals surface area contributed by atoms with E-state index in [4.69, 9.17) is 4.55 Å². The van der Waals surface area contributed by atoms with Crippen LogP contribution in [0.1, 0.15) is 17.3 Å². The minimum absolute atomic E-state index is 0. The van der Waals surface area contributed by atoms with Crippen LogP contribution in [0.4, 0.5) is 0 Å². The van der Waals surface area contributed by atoms with Gasteiger partial charge >= 0.3 is 0 Å². The third-order valence-electron chi connectivity index (χ3n) is 1.64. The topological polar surface area (TPSA) is 71.4 Å². The number of hydrogen-bond acceptors (Lipinski definition) is 4. The van der Waals surface area contributed by atoms with Gasteiger partial charge in [-0.15, -0.1) is 12.6 Å². The van der Waals surface area contributed by atoms with E-state index < -0.39 is 10.1 Å². The second-order valence-electron chi connectivity index (χ2n) is 2.71. The molecule has 1 N–H and O–H groups in total. The summed E-state index contributed by atoms with van der Waals surface area (Å²) >= 11 is 3.86. The van der Waals surface area contributed by atoms with Gasteiger partial charge in [0.1, 0.15) is 4.90 Å². The molecule has 0 saturated heterocycles. The van der Waals surface area contributed by atoms with Crippen molar-refractivity contribution in [2.24, 2.45) is 0 Å². The zero-order valence-electron chi connectivity index (χ0n) is 8.26. The minimum atomic E-state index is -4.32. The van der Waals surface area contributed by atoms with Crippen LogP contribution in [-0.2, 0) is 10.1 Å². The van der Waals surface area contributed by atoms with Crippen LogP contribution in [0.5, 0.6) is 0 Å². The quantitative estimate of drug-likeness (QED) is 0.358. The normalized spacial score (nSPS) is 10.6. The molecule has 1 aromatic rings. The van der Waals surface area contributed by atoms with E-state index in [-0.39, 0.29) is 50.7 Å². The van der Waals surface area contributed by atoms with E-state index in [1.54, 1.807) is 0 Å². The third-order valence-corrected chi connectivity index (χ3v) is 3.08. The molecule has 0 heterocycles. The van der Waals surface area contributed by atoms with Crippen molar-refractivity contribution in [1.82, 2.24) is 0 Å². The van der Waals surface area contributed by atoms with Crippen LogP contribution in [0.3, 0.4) is 0 Å². The first-order valence-electron chi connectivity index (χ1n) is 3.64. The van der Waals surface area contributed by atoms with Crippen molar-refractivity contribution >= 4 is 58.1 Å². The molecule has 0 amide bonds. The van der Waals surface area contributed by atoms with Crippen molar-refractivity contribution < 1.29 is 17.8 Å². The molecule has 4 nitrogen and oxygen atoms in total. The minimum Gasteiger partial charge on any atom is -0.295 e. The fourth-order valence-corrected chi connectivity index (χ4v) is 2.03. The van der Waals surface area contributed by atoms with Gasteiger partial charge in [-0.25, -0.2) is 0 Å². The standard InChI is InChI=1S/C8H8O4S2.Na/c1-5(9)6-2-3-7(13)8(4-6)14(10,11)12;/h2-4,13H,1H3,(H,10,11,12);. The van der Waals surface area contributed by atoms with Gasteiger partial charge in [0.05, 0.1) is 0 Å². The van der Waals surface area contributed by atoms with Gasteiger partial charge in [0.15, 0.2) is 5.78 Å². The van der Waals surface area contributed by atoms with Gasteiger partial charge in [-0.1, -0.05) is 6.07 Å².